The number of alkyl halides is 1. The van der Waals surface area contributed by atoms with Crippen LogP contribution in [0.1, 0.15) is 31.0 Å². The molecule has 1 atom stereocenters. The number of nitrogens with zero attached hydrogens (tertiary/aromatic N) is 3. The average molecular weight is 282 g/mol. The normalized spacial score (nSPS) is 19.1. The highest BCUT2D eigenvalue weighted by Gasteiger charge is 2.43. The zero-order chi connectivity index (χ0) is 12.8. The van der Waals surface area contributed by atoms with Gasteiger partial charge in [-0.2, -0.15) is 11.8 Å². The van der Waals surface area contributed by atoms with E-state index in [1.807, 2.05) is 37.1 Å². The van der Waals surface area contributed by atoms with Crippen molar-refractivity contribution in [3.05, 3.63) is 24.3 Å². The molecule has 0 aliphatic heterocycles. The first kappa shape index (κ1) is 12.3. The lowest BCUT2D eigenvalue weighted by molar-refractivity contribution is 0.639. The zero-order valence-electron chi connectivity index (χ0n) is 10.6. The van der Waals surface area contributed by atoms with Crippen LogP contribution in [0.25, 0.3) is 11.0 Å². The highest BCUT2D eigenvalue weighted by Crippen LogP contribution is 2.49. The van der Waals surface area contributed by atoms with Crippen molar-refractivity contribution in [2.75, 3.05) is 6.26 Å². The van der Waals surface area contributed by atoms with E-state index in [-0.39, 0.29) is 5.38 Å². The van der Waals surface area contributed by atoms with Gasteiger partial charge in [-0.1, -0.05) is 0 Å². The van der Waals surface area contributed by atoms with Crippen molar-refractivity contribution in [3.63, 3.8) is 0 Å². The Bertz CT molecular complexity index is 575. The average Bonchev–Trinajstić information content (AvgIpc) is 3.05. The van der Waals surface area contributed by atoms with Gasteiger partial charge in [0.15, 0.2) is 0 Å². The molecule has 0 radical (unpaired) electrons. The fourth-order valence-corrected chi connectivity index (χ4v) is 3.26. The van der Waals surface area contributed by atoms with Crippen LogP contribution in [-0.2, 0) is 6.54 Å². The molecule has 0 bridgehead atoms. The molecule has 2 heterocycles. The topological polar surface area (TPSA) is 30.7 Å². The summed E-state index contributed by atoms with van der Waals surface area (Å²) in [5.41, 5.74) is 2.09. The highest BCUT2D eigenvalue weighted by molar-refractivity contribution is 8.00. The third-order valence-corrected chi connectivity index (χ3v) is 5.22. The predicted octanol–water partition coefficient (Wildman–Crippen LogP) is 3.63. The Kier molecular flexibility index (Phi) is 3.02. The molecule has 1 unspecified atom stereocenters. The molecule has 96 valence electrons. The van der Waals surface area contributed by atoms with Gasteiger partial charge in [-0.15, -0.1) is 11.6 Å². The van der Waals surface area contributed by atoms with Crippen LogP contribution in [-0.4, -0.2) is 25.5 Å². The number of thioether (sulfide) groups is 1. The second kappa shape index (κ2) is 4.42. The second-order valence-corrected chi connectivity index (χ2v) is 6.85. The molecule has 5 heteroatoms. The molecule has 0 N–H and O–H groups in total. The van der Waals surface area contributed by atoms with Crippen LogP contribution in [0.5, 0.6) is 0 Å². The second-order valence-electron chi connectivity index (χ2n) is 4.92. The monoisotopic (exact) mass is 281 g/mol. The van der Waals surface area contributed by atoms with E-state index in [9.17, 15) is 0 Å². The number of aromatic nitrogens is 3. The summed E-state index contributed by atoms with van der Waals surface area (Å²) in [7, 11) is 0. The lowest BCUT2D eigenvalue weighted by Crippen LogP contribution is -2.16. The number of pyridine rings is 1. The number of fused-ring (bicyclic) bond motifs is 1. The molecule has 1 saturated carbocycles. The minimum Gasteiger partial charge on any atom is -0.325 e. The third-order valence-electron chi connectivity index (χ3n) is 3.62. The molecule has 3 nitrogen and oxygen atoms in total. The van der Waals surface area contributed by atoms with Gasteiger partial charge in [0.25, 0.3) is 0 Å². The van der Waals surface area contributed by atoms with E-state index >= 15 is 0 Å². The minimum absolute atomic E-state index is 0.0740. The number of imidazole rings is 1. The van der Waals surface area contributed by atoms with Crippen molar-refractivity contribution in [1.82, 2.24) is 14.5 Å². The smallest absolute Gasteiger partial charge is 0.127 e. The number of rotatable bonds is 4. The van der Waals surface area contributed by atoms with Crippen molar-refractivity contribution in [2.24, 2.45) is 0 Å². The van der Waals surface area contributed by atoms with Crippen LogP contribution in [0, 0.1) is 0 Å². The molecular weight excluding hydrogens is 266 g/mol. The molecule has 0 aromatic carbocycles. The van der Waals surface area contributed by atoms with E-state index < -0.39 is 0 Å². The summed E-state index contributed by atoms with van der Waals surface area (Å²) in [6.07, 6.45) is 8.40. The van der Waals surface area contributed by atoms with Crippen LogP contribution in [0.2, 0.25) is 0 Å². The maximum Gasteiger partial charge on any atom is 0.127 e. The first-order valence-corrected chi connectivity index (χ1v) is 7.81. The van der Waals surface area contributed by atoms with Crippen molar-refractivity contribution >= 4 is 34.4 Å². The number of hydrogen-bond donors (Lipinski definition) is 0. The number of hydrogen-bond acceptors (Lipinski definition) is 3. The van der Waals surface area contributed by atoms with Crippen LogP contribution in [0.15, 0.2) is 18.5 Å². The lowest BCUT2D eigenvalue weighted by atomic mass is 10.3. The van der Waals surface area contributed by atoms with Crippen LogP contribution >= 0.6 is 23.4 Å². The van der Waals surface area contributed by atoms with Gasteiger partial charge in [0.05, 0.1) is 17.1 Å². The number of halogens is 1. The molecule has 2 aromatic heterocycles. The summed E-state index contributed by atoms with van der Waals surface area (Å²) < 4.78 is 2.68. The maximum atomic E-state index is 6.26. The lowest BCUT2D eigenvalue weighted by Gasteiger charge is -2.16. The van der Waals surface area contributed by atoms with Crippen LogP contribution in [0.4, 0.5) is 0 Å². The summed E-state index contributed by atoms with van der Waals surface area (Å²) in [4.78, 5) is 8.75. The summed E-state index contributed by atoms with van der Waals surface area (Å²) in [6.45, 7) is 2.98. The first-order valence-electron chi connectivity index (χ1n) is 6.15. The van der Waals surface area contributed by atoms with E-state index in [0.717, 1.165) is 23.4 Å². The molecule has 1 aliphatic carbocycles. The van der Waals surface area contributed by atoms with Gasteiger partial charge in [0.2, 0.25) is 0 Å². The molecule has 3 rings (SSSR count). The van der Waals surface area contributed by atoms with Crippen molar-refractivity contribution in [2.45, 2.75) is 36.4 Å². The van der Waals surface area contributed by atoms with Gasteiger partial charge in [0.1, 0.15) is 11.3 Å². The van der Waals surface area contributed by atoms with Crippen LogP contribution < -0.4 is 0 Å². The van der Waals surface area contributed by atoms with E-state index in [4.69, 9.17) is 11.6 Å². The van der Waals surface area contributed by atoms with Gasteiger partial charge in [-0.25, -0.2) is 4.98 Å². The summed E-state index contributed by atoms with van der Waals surface area (Å²) >= 11 is 8.22. The molecule has 1 fully saturated rings. The molecule has 18 heavy (non-hydrogen) atoms. The molecule has 0 amide bonds. The van der Waals surface area contributed by atoms with Gasteiger partial charge >= 0.3 is 0 Å². The molecule has 0 spiro atoms. The molecular formula is C13H16ClN3S. The Morgan fingerprint density at radius 2 is 2.33 bits per heavy atom. The largest absolute Gasteiger partial charge is 0.325 e. The van der Waals surface area contributed by atoms with Crippen molar-refractivity contribution in [1.29, 1.82) is 0 Å². The van der Waals surface area contributed by atoms with Crippen LogP contribution in [0.3, 0.4) is 0 Å². The van der Waals surface area contributed by atoms with Gasteiger partial charge in [-0.05, 0) is 32.1 Å². The SMILES string of the molecule is CSC1(Cn2c(C(C)Cl)nc3cnccc32)CC1. The van der Waals surface area contributed by atoms with Gasteiger partial charge in [-0.3, -0.25) is 4.98 Å². The quantitative estimate of drug-likeness (QED) is 0.802. The van der Waals surface area contributed by atoms with Gasteiger partial charge < -0.3 is 4.57 Å². The third kappa shape index (κ3) is 2.01. The first-order chi connectivity index (χ1) is 8.65. The van der Waals surface area contributed by atoms with Crippen molar-refractivity contribution < 1.29 is 0 Å². The summed E-state index contributed by atoms with van der Waals surface area (Å²) in [6, 6.07) is 2.03. The Morgan fingerprint density at radius 3 is 2.94 bits per heavy atom. The van der Waals surface area contributed by atoms with E-state index in [2.05, 4.69) is 20.8 Å². The van der Waals surface area contributed by atoms with E-state index in [1.54, 1.807) is 0 Å². The summed E-state index contributed by atoms with van der Waals surface area (Å²) in [5, 5.41) is -0.0740. The maximum absolute atomic E-state index is 6.26. The summed E-state index contributed by atoms with van der Waals surface area (Å²) in [5.74, 6) is 0.958. The van der Waals surface area contributed by atoms with Gasteiger partial charge in [0, 0.05) is 17.5 Å². The standard InChI is InChI=1S/C13H16ClN3S/c1-9(14)12-16-10-7-15-6-3-11(10)17(12)8-13(18-2)4-5-13/h3,6-7,9H,4-5,8H2,1-2H3. The minimum atomic E-state index is -0.0740. The fraction of sp³-hybridized carbons (Fsp3) is 0.538. The molecule has 2 aromatic rings. The highest BCUT2D eigenvalue weighted by atomic mass is 35.5. The Balaban J connectivity index is 2.09. The molecule has 0 saturated heterocycles. The van der Waals surface area contributed by atoms with Crippen molar-refractivity contribution in [3.8, 4) is 0 Å². The Morgan fingerprint density at radius 1 is 1.56 bits per heavy atom. The van der Waals surface area contributed by atoms with E-state index in [1.165, 1.54) is 12.8 Å². The Hall–Kier alpha value is -0.740. The van der Waals surface area contributed by atoms with E-state index in [0.29, 0.717) is 4.75 Å². The molecule has 1 aliphatic rings. The Labute approximate surface area is 116 Å². The fourth-order valence-electron chi connectivity index (χ4n) is 2.32. The zero-order valence-corrected chi connectivity index (χ0v) is 12.1. The predicted molar refractivity (Wildman–Crippen MR) is 77.3 cm³/mol.